The Hall–Kier alpha value is -1.78. The first kappa shape index (κ1) is 24.9. The minimum atomic E-state index is -3.92. The predicted molar refractivity (Wildman–Crippen MR) is 122 cm³/mol. The molecule has 0 radical (unpaired) electrons. The van der Waals surface area contributed by atoms with E-state index in [4.69, 9.17) is 9.47 Å². The number of hydrogen-bond acceptors (Lipinski definition) is 8. The molecule has 1 aromatic rings. The maximum absolute atomic E-state index is 13.7. The molecule has 9 nitrogen and oxygen atoms in total. The van der Waals surface area contributed by atoms with E-state index in [1.165, 1.54) is 4.31 Å². The van der Waals surface area contributed by atoms with Crippen LogP contribution in [0.1, 0.15) is 59.1 Å². The van der Waals surface area contributed by atoms with E-state index in [2.05, 4.69) is 16.9 Å². The maximum Gasteiger partial charge on any atom is 0.329 e. The fourth-order valence-corrected chi connectivity index (χ4v) is 6.12. The molecule has 180 valence electrons. The molecule has 0 spiro atoms. The number of aromatic nitrogens is 2. The van der Waals surface area contributed by atoms with Gasteiger partial charge in [0.2, 0.25) is 10.0 Å². The SMILES string of the molecule is CCCCc1cnc(N2CCN(S(=O)(=O)C3(C(=O)OC(C)(C)C)CCOCC3)CC2)cn1. The molecule has 0 amide bonds. The summed E-state index contributed by atoms with van der Waals surface area (Å²) in [7, 11) is -3.92. The Kier molecular flexibility index (Phi) is 7.77. The number of nitrogens with zero attached hydrogens (tertiary/aromatic N) is 4. The fourth-order valence-electron chi connectivity index (χ4n) is 4.04. The van der Waals surface area contributed by atoms with E-state index >= 15 is 0 Å². The van der Waals surface area contributed by atoms with Gasteiger partial charge in [-0.05, 0) is 33.6 Å². The Labute approximate surface area is 191 Å². The number of ether oxygens (including phenoxy) is 2. The van der Waals surface area contributed by atoms with Gasteiger partial charge >= 0.3 is 5.97 Å². The number of carbonyl (C=O) groups excluding carboxylic acids is 1. The van der Waals surface area contributed by atoms with Crippen LogP contribution in [0.25, 0.3) is 0 Å². The Morgan fingerprint density at radius 1 is 1.12 bits per heavy atom. The van der Waals surface area contributed by atoms with Crippen molar-refractivity contribution in [2.75, 3.05) is 44.3 Å². The lowest BCUT2D eigenvalue weighted by molar-refractivity contribution is -0.161. The summed E-state index contributed by atoms with van der Waals surface area (Å²) in [5, 5.41) is 0. The molecule has 0 unspecified atom stereocenters. The maximum atomic E-state index is 13.7. The Morgan fingerprint density at radius 2 is 1.78 bits per heavy atom. The molecule has 0 saturated carbocycles. The van der Waals surface area contributed by atoms with E-state index in [1.807, 2.05) is 4.90 Å². The van der Waals surface area contributed by atoms with Crippen molar-refractivity contribution in [2.45, 2.75) is 70.1 Å². The molecule has 2 saturated heterocycles. The highest BCUT2D eigenvalue weighted by atomic mass is 32.2. The average Bonchev–Trinajstić information content (AvgIpc) is 2.77. The van der Waals surface area contributed by atoms with Crippen LogP contribution in [-0.4, -0.2) is 78.4 Å². The molecule has 0 N–H and O–H groups in total. The van der Waals surface area contributed by atoms with Gasteiger partial charge in [0.05, 0.1) is 18.1 Å². The van der Waals surface area contributed by atoms with Crippen molar-refractivity contribution in [1.29, 1.82) is 0 Å². The van der Waals surface area contributed by atoms with Crippen molar-refractivity contribution in [3.8, 4) is 0 Å². The quantitative estimate of drug-likeness (QED) is 0.561. The lowest BCUT2D eigenvalue weighted by Gasteiger charge is -2.42. The smallest absolute Gasteiger partial charge is 0.329 e. The van der Waals surface area contributed by atoms with Crippen LogP contribution in [0.15, 0.2) is 12.4 Å². The van der Waals surface area contributed by atoms with E-state index in [-0.39, 0.29) is 39.1 Å². The second-order valence-corrected chi connectivity index (χ2v) is 11.7. The molecule has 3 heterocycles. The first-order valence-electron chi connectivity index (χ1n) is 11.5. The molecule has 0 aromatic carbocycles. The lowest BCUT2D eigenvalue weighted by Crippen LogP contribution is -2.61. The Bertz CT molecular complexity index is 869. The Balaban J connectivity index is 1.71. The highest BCUT2D eigenvalue weighted by Gasteiger charge is 2.56. The average molecular weight is 469 g/mol. The highest BCUT2D eigenvalue weighted by Crippen LogP contribution is 2.35. The van der Waals surface area contributed by atoms with Gasteiger partial charge in [0.1, 0.15) is 11.4 Å². The third-order valence-corrected chi connectivity index (χ3v) is 8.55. The van der Waals surface area contributed by atoms with Gasteiger partial charge in [-0.1, -0.05) is 13.3 Å². The Morgan fingerprint density at radius 3 is 2.31 bits per heavy atom. The topological polar surface area (TPSA) is 102 Å². The molecular weight excluding hydrogens is 432 g/mol. The molecular formula is C22H36N4O5S. The second-order valence-electron chi connectivity index (χ2n) is 9.47. The number of unbranched alkanes of at least 4 members (excludes halogenated alkanes) is 1. The molecule has 0 aliphatic carbocycles. The number of sulfonamides is 1. The molecule has 2 fully saturated rings. The molecule has 0 bridgehead atoms. The van der Waals surface area contributed by atoms with Crippen LogP contribution in [0.4, 0.5) is 5.82 Å². The monoisotopic (exact) mass is 468 g/mol. The van der Waals surface area contributed by atoms with Crippen molar-refractivity contribution in [3.63, 3.8) is 0 Å². The zero-order valence-corrected chi connectivity index (χ0v) is 20.5. The van der Waals surface area contributed by atoms with Gasteiger partial charge in [0, 0.05) is 52.2 Å². The van der Waals surface area contributed by atoms with E-state index < -0.39 is 26.3 Å². The number of aryl methyl sites for hydroxylation is 1. The predicted octanol–water partition coefficient (Wildman–Crippen LogP) is 2.16. The van der Waals surface area contributed by atoms with Crippen molar-refractivity contribution in [3.05, 3.63) is 18.1 Å². The van der Waals surface area contributed by atoms with Gasteiger partial charge in [-0.25, -0.2) is 13.4 Å². The summed E-state index contributed by atoms with van der Waals surface area (Å²) in [5.74, 6) is 0.0690. The van der Waals surface area contributed by atoms with Gasteiger partial charge in [0.25, 0.3) is 0 Å². The number of anilines is 1. The number of hydrogen-bond donors (Lipinski definition) is 0. The van der Waals surface area contributed by atoms with Crippen LogP contribution in [-0.2, 0) is 30.7 Å². The first-order valence-corrected chi connectivity index (χ1v) is 12.9. The third kappa shape index (κ3) is 5.40. The van der Waals surface area contributed by atoms with Gasteiger partial charge in [0.15, 0.2) is 4.75 Å². The van der Waals surface area contributed by atoms with Crippen LogP contribution < -0.4 is 4.90 Å². The summed E-state index contributed by atoms with van der Waals surface area (Å²) in [6, 6.07) is 0. The van der Waals surface area contributed by atoms with Crippen LogP contribution in [0.3, 0.4) is 0 Å². The van der Waals surface area contributed by atoms with E-state index in [0.717, 1.165) is 30.8 Å². The standard InChI is InChI=1S/C22H36N4O5S/c1-5-6-7-18-16-24-19(17-23-18)25-10-12-26(13-11-25)32(28,29)22(8-14-30-15-9-22)20(27)31-21(2,3)4/h16-17H,5-15H2,1-4H3. The molecule has 0 atom stereocenters. The molecule has 2 aliphatic rings. The second kappa shape index (κ2) is 10.0. The highest BCUT2D eigenvalue weighted by molar-refractivity contribution is 7.91. The zero-order chi connectivity index (χ0) is 23.4. The van der Waals surface area contributed by atoms with Gasteiger partial charge in [-0.15, -0.1) is 0 Å². The molecule has 32 heavy (non-hydrogen) atoms. The third-order valence-electron chi connectivity index (χ3n) is 5.95. The molecule has 2 aliphatic heterocycles. The van der Waals surface area contributed by atoms with Crippen LogP contribution >= 0.6 is 0 Å². The van der Waals surface area contributed by atoms with E-state index in [0.29, 0.717) is 13.1 Å². The number of piperazine rings is 1. The number of carbonyl (C=O) groups is 1. The fraction of sp³-hybridized carbons (Fsp3) is 0.773. The summed E-state index contributed by atoms with van der Waals surface area (Å²) in [6.07, 6.45) is 6.87. The largest absolute Gasteiger partial charge is 0.459 e. The lowest BCUT2D eigenvalue weighted by atomic mass is 9.99. The van der Waals surface area contributed by atoms with Crippen molar-refractivity contribution in [2.24, 2.45) is 0 Å². The van der Waals surface area contributed by atoms with Gasteiger partial charge in [-0.3, -0.25) is 9.78 Å². The first-order chi connectivity index (χ1) is 15.1. The van der Waals surface area contributed by atoms with Gasteiger partial charge in [-0.2, -0.15) is 4.31 Å². The summed E-state index contributed by atoms with van der Waals surface area (Å²) < 4.78 is 38.2. The summed E-state index contributed by atoms with van der Waals surface area (Å²) in [4.78, 5) is 24.1. The zero-order valence-electron chi connectivity index (χ0n) is 19.7. The van der Waals surface area contributed by atoms with Crippen molar-refractivity contribution in [1.82, 2.24) is 14.3 Å². The number of rotatable bonds is 7. The van der Waals surface area contributed by atoms with E-state index in [1.54, 1.807) is 33.2 Å². The summed E-state index contributed by atoms with van der Waals surface area (Å²) in [6.45, 7) is 9.37. The van der Waals surface area contributed by atoms with Crippen molar-refractivity contribution < 1.29 is 22.7 Å². The minimum Gasteiger partial charge on any atom is -0.459 e. The molecule has 3 rings (SSSR count). The van der Waals surface area contributed by atoms with Crippen LogP contribution in [0, 0.1) is 0 Å². The van der Waals surface area contributed by atoms with Crippen molar-refractivity contribution >= 4 is 21.8 Å². The van der Waals surface area contributed by atoms with Crippen LogP contribution in [0.2, 0.25) is 0 Å². The summed E-state index contributed by atoms with van der Waals surface area (Å²) >= 11 is 0. The number of esters is 1. The minimum absolute atomic E-state index is 0.106. The normalized spacial score (nSPS) is 20.2. The molecule has 10 heteroatoms. The van der Waals surface area contributed by atoms with Crippen LogP contribution in [0.5, 0.6) is 0 Å². The molecule has 1 aromatic heterocycles. The van der Waals surface area contributed by atoms with Gasteiger partial charge < -0.3 is 14.4 Å². The summed E-state index contributed by atoms with van der Waals surface area (Å²) in [5.41, 5.74) is 0.203. The van der Waals surface area contributed by atoms with E-state index in [9.17, 15) is 13.2 Å².